The summed E-state index contributed by atoms with van der Waals surface area (Å²) in [4.78, 5) is 0.968. The lowest BCUT2D eigenvalue weighted by molar-refractivity contribution is 0.462. The molecule has 16 heavy (non-hydrogen) atoms. The first-order chi connectivity index (χ1) is 7.61. The van der Waals surface area contributed by atoms with Gasteiger partial charge >= 0.3 is 0 Å². The van der Waals surface area contributed by atoms with Crippen LogP contribution in [0.1, 0.15) is 16.5 Å². The summed E-state index contributed by atoms with van der Waals surface area (Å²) < 4.78 is 0.596. The molecule has 0 radical (unpaired) electrons. The van der Waals surface area contributed by atoms with Crippen LogP contribution in [0.3, 0.4) is 0 Å². The molecule has 1 aromatic carbocycles. The number of rotatable bonds is 2. The minimum atomic E-state index is -0.398. The Balaban J connectivity index is 2.52. The molecule has 1 atom stereocenters. The van der Waals surface area contributed by atoms with Crippen LogP contribution in [0.25, 0.3) is 0 Å². The Morgan fingerprint density at radius 1 is 1.38 bits per heavy atom. The van der Waals surface area contributed by atoms with Crippen LogP contribution >= 0.6 is 38.9 Å². The van der Waals surface area contributed by atoms with E-state index in [1.54, 1.807) is 12.1 Å². The van der Waals surface area contributed by atoms with Gasteiger partial charge in [0.2, 0.25) is 0 Å². The molecule has 3 N–H and O–H groups in total. The van der Waals surface area contributed by atoms with E-state index in [0.717, 1.165) is 4.88 Å². The summed E-state index contributed by atoms with van der Waals surface area (Å²) in [6.45, 7) is 0. The Kier molecular flexibility index (Phi) is 3.54. The van der Waals surface area contributed by atoms with Gasteiger partial charge in [0.15, 0.2) is 0 Å². The molecule has 0 fully saturated rings. The van der Waals surface area contributed by atoms with Gasteiger partial charge in [0, 0.05) is 15.5 Å². The second-order valence-electron chi connectivity index (χ2n) is 3.28. The highest BCUT2D eigenvalue weighted by molar-refractivity contribution is 9.10. The maximum absolute atomic E-state index is 9.94. The molecular formula is C11H9BrClNOS. The molecule has 0 aliphatic carbocycles. The van der Waals surface area contributed by atoms with E-state index in [4.69, 9.17) is 17.3 Å². The van der Waals surface area contributed by atoms with Crippen molar-refractivity contribution in [3.05, 3.63) is 49.6 Å². The van der Waals surface area contributed by atoms with Crippen LogP contribution in [0.5, 0.6) is 5.75 Å². The number of hydrogen-bond donors (Lipinski definition) is 2. The van der Waals surface area contributed by atoms with Gasteiger partial charge in [0.1, 0.15) is 5.75 Å². The van der Waals surface area contributed by atoms with E-state index in [9.17, 15) is 5.11 Å². The number of halogens is 2. The maximum atomic E-state index is 9.94. The van der Waals surface area contributed by atoms with Gasteiger partial charge in [0.05, 0.1) is 10.5 Å². The summed E-state index contributed by atoms with van der Waals surface area (Å²) in [5, 5.41) is 12.4. The number of thiophene rings is 1. The number of benzene rings is 1. The summed E-state index contributed by atoms with van der Waals surface area (Å²) in [6.07, 6.45) is 0. The molecule has 2 aromatic rings. The van der Waals surface area contributed by atoms with Crippen LogP contribution in [0.15, 0.2) is 34.1 Å². The third kappa shape index (κ3) is 2.11. The van der Waals surface area contributed by atoms with E-state index in [-0.39, 0.29) is 5.75 Å². The first-order valence-corrected chi connectivity index (χ1v) is 6.62. The third-order valence-corrected chi connectivity index (χ3v) is 4.20. The van der Waals surface area contributed by atoms with Crippen molar-refractivity contribution in [2.45, 2.75) is 6.04 Å². The molecule has 1 heterocycles. The Morgan fingerprint density at radius 3 is 2.75 bits per heavy atom. The lowest BCUT2D eigenvalue weighted by atomic mass is 10.1. The second-order valence-corrected chi connectivity index (χ2v) is 5.53. The van der Waals surface area contributed by atoms with Gasteiger partial charge < -0.3 is 10.8 Å². The number of phenols is 1. The van der Waals surface area contributed by atoms with Crippen molar-refractivity contribution in [2.24, 2.45) is 5.73 Å². The Hall–Kier alpha value is -0.550. The summed E-state index contributed by atoms with van der Waals surface area (Å²) in [7, 11) is 0. The highest BCUT2D eigenvalue weighted by Gasteiger charge is 2.19. The van der Waals surface area contributed by atoms with Gasteiger partial charge in [-0.05, 0) is 39.5 Å². The quantitative estimate of drug-likeness (QED) is 0.881. The highest BCUT2D eigenvalue weighted by atomic mass is 79.9. The zero-order valence-corrected chi connectivity index (χ0v) is 11.3. The minimum Gasteiger partial charge on any atom is -0.506 e. The number of phenolic OH excluding ortho intramolecular Hbond substituents is 1. The molecule has 2 rings (SSSR count). The maximum Gasteiger partial charge on any atom is 0.136 e. The van der Waals surface area contributed by atoms with Crippen molar-refractivity contribution in [1.82, 2.24) is 0 Å². The van der Waals surface area contributed by atoms with E-state index in [2.05, 4.69) is 15.9 Å². The SMILES string of the molecule is N[C@@H](c1cccs1)c1c(Cl)ccc(Br)c1O. The van der Waals surface area contributed by atoms with Crippen molar-refractivity contribution < 1.29 is 5.11 Å². The molecule has 0 bridgehead atoms. The van der Waals surface area contributed by atoms with Gasteiger partial charge in [-0.15, -0.1) is 11.3 Å². The predicted molar refractivity (Wildman–Crippen MR) is 71.2 cm³/mol. The Bertz CT molecular complexity index is 501. The molecule has 5 heteroatoms. The molecule has 1 aromatic heterocycles. The van der Waals surface area contributed by atoms with E-state index in [0.29, 0.717) is 15.1 Å². The molecule has 0 aliphatic heterocycles. The lowest BCUT2D eigenvalue weighted by Gasteiger charge is -2.14. The zero-order chi connectivity index (χ0) is 11.7. The molecule has 84 valence electrons. The number of hydrogen-bond acceptors (Lipinski definition) is 3. The van der Waals surface area contributed by atoms with Gasteiger partial charge in [-0.2, -0.15) is 0 Å². The first-order valence-electron chi connectivity index (χ1n) is 4.57. The van der Waals surface area contributed by atoms with E-state index in [1.807, 2.05) is 17.5 Å². The average molecular weight is 319 g/mol. The topological polar surface area (TPSA) is 46.2 Å². The van der Waals surface area contributed by atoms with Crippen molar-refractivity contribution in [1.29, 1.82) is 0 Å². The van der Waals surface area contributed by atoms with Crippen LogP contribution in [-0.4, -0.2) is 5.11 Å². The minimum absolute atomic E-state index is 0.105. The standard InChI is InChI=1S/C11H9BrClNOS/c12-6-3-4-7(13)9(11(6)15)10(14)8-2-1-5-16-8/h1-5,10,15H,14H2/t10-/m0/s1. The summed E-state index contributed by atoms with van der Waals surface area (Å²) >= 11 is 10.8. The van der Waals surface area contributed by atoms with Gasteiger partial charge in [-0.1, -0.05) is 17.7 Å². The Labute approximate surface area is 111 Å². The summed E-state index contributed by atoms with van der Waals surface area (Å²) in [6, 6.07) is 6.86. The summed E-state index contributed by atoms with van der Waals surface area (Å²) in [5.74, 6) is 0.105. The smallest absolute Gasteiger partial charge is 0.136 e. The molecule has 0 unspecified atom stereocenters. The van der Waals surface area contributed by atoms with Crippen molar-refractivity contribution in [3.8, 4) is 5.75 Å². The van der Waals surface area contributed by atoms with Crippen LogP contribution < -0.4 is 5.73 Å². The van der Waals surface area contributed by atoms with Crippen LogP contribution in [0.4, 0.5) is 0 Å². The van der Waals surface area contributed by atoms with Gasteiger partial charge in [0.25, 0.3) is 0 Å². The third-order valence-electron chi connectivity index (χ3n) is 2.28. The van der Waals surface area contributed by atoms with Crippen molar-refractivity contribution in [3.63, 3.8) is 0 Å². The number of nitrogens with two attached hydrogens (primary N) is 1. The van der Waals surface area contributed by atoms with Crippen LogP contribution in [-0.2, 0) is 0 Å². The molecular weight excluding hydrogens is 310 g/mol. The molecule has 0 saturated heterocycles. The lowest BCUT2D eigenvalue weighted by Crippen LogP contribution is -2.11. The van der Waals surface area contributed by atoms with Crippen LogP contribution in [0.2, 0.25) is 5.02 Å². The Morgan fingerprint density at radius 2 is 2.12 bits per heavy atom. The fourth-order valence-electron chi connectivity index (χ4n) is 1.46. The van der Waals surface area contributed by atoms with E-state index < -0.39 is 6.04 Å². The van der Waals surface area contributed by atoms with E-state index in [1.165, 1.54) is 11.3 Å². The molecule has 0 amide bonds. The predicted octanol–water partition coefficient (Wildman–Crippen LogP) is 3.92. The molecule has 2 nitrogen and oxygen atoms in total. The second kappa shape index (κ2) is 4.75. The van der Waals surface area contributed by atoms with Crippen LogP contribution in [0, 0.1) is 0 Å². The average Bonchev–Trinajstić information content (AvgIpc) is 2.77. The van der Waals surface area contributed by atoms with Gasteiger partial charge in [-0.25, -0.2) is 0 Å². The fourth-order valence-corrected chi connectivity index (χ4v) is 2.81. The molecule has 0 saturated carbocycles. The monoisotopic (exact) mass is 317 g/mol. The first kappa shape index (κ1) is 11.9. The normalized spacial score (nSPS) is 12.7. The molecule has 0 spiro atoms. The highest BCUT2D eigenvalue weighted by Crippen LogP contribution is 2.39. The molecule has 0 aliphatic rings. The number of aromatic hydroxyl groups is 1. The summed E-state index contributed by atoms with van der Waals surface area (Å²) in [5.41, 5.74) is 6.63. The largest absolute Gasteiger partial charge is 0.506 e. The van der Waals surface area contributed by atoms with E-state index >= 15 is 0 Å². The fraction of sp³-hybridized carbons (Fsp3) is 0.0909. The van der Waals surface area contributed by atoms with Crippen molar-refractivity contribution >= 4 is 38.9 Å². The van der Waals surface area contributed by atoms with Crippen molar-refractivity contribution in [2.75, 3.05) is 0 Å². The van der Waals surface area contributed by atoms with Gasteiger partial charge in [-0.3, -0.25) is 0 Å². The zero-order valence-electron chi connectivity index (χ0n) is 8.15.